The molecule has 2 aromatic heterocycles. The third-order valence-corrected chi connectivity index (χ3v) is 4.66. The molecule has 3 rings (SSSR count). The molecule has 120 valence electrons. The predicted octanol–water partition coefficient (Wildman–Crippen LogP) is 2.08. The van der Waals surface area contributed by atoms with E-state index in [4.69, 9.17) is 0 Å². The van der Waals surface area contributed by atoms with Crippen molar-refractivity contribution >= 4 is 28.3 Å². The zero-order valence-corrected chi connectivity index (χ0v) is 13.7. The fourth-order valence-electron chi connectivity index (χ4n) is 2.52. The Hall–Kier alpha value is -2.28. The molecule has 1 saturated heterocycles. The van der Waals surface area contributed by atoms with E-state index in [0.29, 0.717) is 17.2 Å². The molecule has 7 heteroatoms. The molecule has 1 atom stereocenters. The van der Waals surface area contributed by atoms with Crippen LogP contribution >= 0.6 is 11.3 Å². The van der Waals surface area contributed by atoms with Crippen molar-refractivity contribution in [2.24, 2.45) is 0 Å². The topological polar surface area (TPSA) is 75.2 Å². The average Bonchev–Trinajstić information content (AvgIpc) is 3.16. The van der Waals surface area contributed by atoms with E-state index in [-0.39, 0.29) is 24.3 Å². The van der Waals surface area contributed by atoms with Gasteiger partial charge in [0.05, 0.1) is 18.2 Å². The van der Waals surface area contributed by atoms with Crippen molar-refractivity contribution in [2.45, 2.75) is 32.2 Å². The van der Waals surface area contributed by atoms with Gasteiger partial charge in [-0.3, -0.25) is 19.5 Å². The second-order valence-electron chi connectivity index (χ2n) is 5.52. The van der Waals surface area contributed by atoms with Crippen LogP contribution in [0, 0.1) is 0 Å². The maximum Gasteiger partial charge on any atom is 0.228 e. The Morgan fingerprint density at radius 1 is 1.52 bits per heavy atom. The van der Waals surface area contributed by atoms with Gasteiger partial charge in [-0.25, -0.2) is 4.98 Å². The average molecular weight is 330 g/mol. The van der Waals surface area contributed by atoms with Crippen LogP contribution in [0.2, 0.25) is 0 Å². The van der Waals surface area contributed by atoms with Gasteiger partial charge < -0.3 is 5.32 Å². The standard InChI is InChI=1S/C16H18N4O2S/c1-11(12-4-2-6-17-9-12)18-14(21)8-13-10-23-16(19-13)20-7-3-5-15(20)22/h2,4,6,9-11H,3,5,7-8H2,1H3,(H,18,21)/t11-/m1/s1. The summed E-state index contributed by atoms with van der Waals surface area (Å²) in [5, 5.41) is 5.47. The minimum Gasteiger partial charge on any atom is -0.349 e. The molecule has 0 unspecified atom stereocenters. The smallest absolute Gasteiger partial charge is 0.228 e. The molecule has 0 saturated carbocycles. The molecular formula is C16H18N4O2S. The van der Waals surface area contributed by atoms with Gasteiger partial charge in [0.15, 0.2) is 5.13 Å². The van der Waals surface area contributed by atoms with Crippen molar-refractivity contribution in [1.29, 1.82) is 0 Å². The first kappa shape index (κ1) is 15.6. The number of amides is 2. The van der Waals surface area contributed by atoms with Crippen molar-refractivity contribution < 1.29 is 9.59 Å². The minimum absolute atomic E-state index is 0.0917. The monoisotopic (exact) mass is 330 g/mol. The maximum absolute atomic E-state index is 12.1. The Bertz CT molecular complexity index is 701. The van der Waals surface area contributed by atoms with E-state index in [9.17, 15) is 9.59 Å². The normalized spacial score (nSPS) is 15.7. The summed E-state index contributed by atoms with van der Waals surface area (Å²) in [6, 6.07) is 3.67. The lowest BCUT2D eigenvalue weighted by Gasteiger charge is -2.13. The molecule has 2 amide bonds. The van der Waals surface area contributed by atoms with Crippen LogP contribution < -0.4 is 10.2 Å². The van der Waals surface area contributed by atoms with Gasteiger partial charge in [-0.1, -0.05) is 6.07 Å². The second kappa shape index (κ2) is 6.87. The third kappa shape index (κ3) is 3.73. The van der Waals surface area contributed by atoms with Gasteiger partial charge in [0.25, 0.3) is 0 Å². The summed E-state index contributed by atoms with van der Waals surface area (Å²) in [7, 11) is 0. The number of hydrogen-bond acceptors (Lipinski definition) is 5. The molecule has 1 fully saturated rings. The molecule has 0 radical (unpaired) electrons. The summed E-state index contributed by atoms with van der Waals surface area (Å²) in [5.74, 6) is 0.0199. The number of carbonyl (C=O) groups is 2. The highest BCUT2D eigenvalue weighted by molar-refractivity contribution is 7.14. The number of nitrogens with zero attached hydrogens (tertiary/aromatic N) is 3. The van der Waals surface area contributed by atoms with E-state index in [2.05, 4.69) is 15.3 Å². The molecule has 23 heavy (non-hydrogen) atoms. The Labute approximate surface area is 138 Å². The van der Waals surface area contributed by atoms with Gasteiger partial charge in [-0.15, -0.1) is 11.3 Å². The lowest BCUT2D eigenvalue weighted by atomic mass is 10.1. The number of rotatable bonds is 5. The van der Waals surface area contributed by atoms with E-state index >= 15 is 0 Å². The Morgan fingerprint density at radius 2 is 2.39 bits per heavy atom. The highest BCUT2D eigenvalue weighted by atomic mass is 32.1. The summed E-state index contributed by atoms with van der Waals surface area (Å²) in [6.45, 7) is 2.64. The molecule has 2 aromatic rings. The fourth-order valence-corrected chi connectivity index (χ4v) is 3.39. The lowest BCUT2D eigenvalue weighted by Crippen LogP contribution is -2.28. The largest absolute Gasteiger partial charge is 0.349 e. The highest BCUT2D eigenvalue weighted by Crippen LogP contribution is 2.25. The van der Waals surface area contributed by atoms with Crippen molar-refractivity contribution in [1.82, 2.24) is 15.3 Å². The number of carbonyl (C=O) groups excluding carboxylic acids is 2. The van der Waals surface area contributed by atoms with Crippen molar-refractivity contribution in [2.75, 3.05) is 11.4 Å². The Kier molecular flexibility index (Phi) is 4.66. The number of pyridine rings is 1. The van der Waals surface area contributed by atoms with Gasteiger partial charge >= 0.3 is 0 Å². The number of thiazole rings is 1. The summed E-state index contributed by atoms with van der Waals surface area (Å²) >= 11 is 1.41. The Balaban J connectivity index is 1.58. The van der Waals surface area contributed by atoms with Crippen LogP contribution in [-0.4, -0.2) is 28.3 Å². The van der Waals surface area contributed by atoms with E-state index in [1.54, 1.807) is 17.3 Å². The Morgan fingerprint density at radius 3 is 3.09 bits per heavy atom. The quantitative estimate of drug-likeness (QED) is 0.911. The van der Waals surface area contributed by atoms with Crippen LogP contribution in [0.1, 0.15) is 37.1 Å². The van der Waals surface area contributed by atoms with Gasteiger partial charge in [-0.05, 0) is 25.0 Å². The van der Waals surface area contributed by atoms with Crippen LogP contribution in [0.3, 0.4) is 0 Å². The zero-order valence-electron chi connectivity index (χ0n) is 12.9. The second-order valence-corrected chi connectivity index (χ2v) is 6.36. The van der Waals surface area contributed by atoms with E-state index in [1.807, 2.05) is 24.4 Å². The molecule has 1 N–H and O–H groups in total. The molecule has 6 nitrogen and oxygen atoms in total. The van der Waals surface area contributed by atoms with Crippen molar-refractivity contribution in [3.63, 3.8) is 0 Å². The zero-order chi connectivity index (χ0) is 16.2. The molecular weight excluding hydrogens is 312 g/mol. The number of aromatic nitrogens is 2. The lowest BCUT2D eigenvalue weighted by molar-refractivity contribution is -0.121. The van der Waals surface area contributed by atoms with Crippen molar-refractivity contribution in [3.05, 3.63) is 41.2 Å². The first-order chi connectivity index (χ1) is 11.1. The van der Waals surface area contributed by atoms with Gasteiger partial charge in [-0.2, -0.15) is 0 Å². The number of nitrogens with one attached hydrogen (secondary N) is 1. The summed E-state index contributed by atoms with van der Waals surface area (Å²) in [5.41, 5.74) is 1.66. The molecule has 1 aliphatic rings. The third-order valence-electron chi connectivity index (χ3n) is 3.75. The first-order valence-electron chi connectivity index (χ1n) is 7.57. The summed E-state index contributed by atoms with van der Waals surface area (Å²) in [4.78, 5) is 34.0. The molecule has 0 aliphatic carbocycles. The number of hydrogen-bond donors (Lipinski definition) is 1. The van der Waals surface area contributed by atoms with Crippen molar-refractivity contribution in [3.8, 4) is 0 Å². The van der Waals surface area contributed by atoms with E-state index < -0.39 is 0 Å². The maximum atomic E-state index is 12.1. The molecule has 3 heterocycles. The van der Waals surface area contributed by atoms with Crippen LogP contribution in [-0.2, 0) is 16.0 Å². The molecule has 1 aliphatic heterocycles. The van der Waals surface area contributed by atoms with Crippen LogP contribution in [0.15, 0.2) is 29.9 Å². The van der Waals surface area contributed by atoms with Gasteiger partial charge in [0, 0.05) is 30.7 Å². The SMILES string of the molecule is C[C@@H](NC(=O)Cc1csc(N2CCCC2=O)n1)c1cccnc1. The van der Waals surface area contributed by atoms with Crippen LogP contribution in [0.5, 0.6) is 0 Å². The van der Waals surface area contributed by atoms with Gasteiger partial charge in [0.1, 0.15) is 0 Å². The predicted molar refractivity (Wildman–Crippen MR) is 88.2 cm³/mol. The minimum atomic E-state index is -0.102. The summed E-state index contributed by atoms with van der Waals surface area (Å²) in [6.07, 6.45) is 5.11. The van der Waals surface area contributed by atoms with Gasteiger partial charge in [0.2, 0.25) is 11.8 Å². The van der Waals surface area contributed by atoms with Crippen LogP contribution in [0.25, 0.3) is 0 Å². The molecule has 0 bridgehead atoms. The highest BCUT2D eigenvalue weighted by Gasteiger charge is 2.24. The molecule has 0 spiro atoms. The van der Waals surface area contributed by atoms with Crippen LogP contribution in [0.4, 0.5) is 5.13 Å². The number of anilines is 1. The van der Waals surface area contributed by atoms with E-state index in [0.717, 1.165) is 18.5 Å². The fraction of sp³-hybridized carbons (Fsp3) is 0.375. The first-order valence-corrected chi connectivity index (χ1v) is 8.45. The van der Waals surface area contributed by atoms with E-state index in [1.165, 1.54) is 11.3 Å². The summed E-state index contributed by atoms with van der Waals surface area (Å²) < 4.78 is 0. The molecule has 0 aromatic carbocycles.